The lowest BCUT2D eigenvalue weighted by molar-refractivity contribution is 0.242. The fraction of sp³-hybridized carbons (Fsp3) is 0.412. The van der Waals surface area contributed by atoms with Crippen molar-refractivity contribution in [2.45, 2.75) is 39.3 Å². The minimum atomic E-state index is -0.724. The molecule has 2 rings (SSSR count). The van der Waals surface area contributed by atoms with Gasteiger partial charge < -0.3 is 10.5 Å². The van der Waals surface area contributed by atoms with E-state index in [0.717, 1.165) is 11.3 Å². The van der Waals surface area contributed by atoms with E-state index in [-0.39, 0.29) is 11.7 Å². The number of benzene rings is 1. The minimum absolute atomic E-state index is 0.0990. The number of hydrogen-bond acceptors (Lipinski definition) is 4. The number of nitrogens with zero attached hydrogens (tertiary/aromatic N) is 2. The molecule has 0 atom stereocenters. The first-order valence-electron chi connectivity index (χ1n) is 7.33. The molecule has 5 nitrogen and oxygen atoms in total. The molecule has 0 aliphatic heterocycles. The summed E-state index contributed by atoms with van der Waals surface area (Å²) in [5, 5.41) is 4.33. The molecule has 0 amide bonds. The number of rotatable bonds is 4. The summed E-state index contributed by atoms with van der Waals surface area (Å²) < 4.78 is 7.04. The number of hydrogen-bond donors (Lipinski definition) is 1. The summed E-state index contributed by atoms with van der Waals surface area (Å²) in [7, 11) is 1.63. The molecule has 0 saturated carbocycles. The standard InChI is InChI=1S/C17H23N3O2/c1-11(2)22-13-8-6-7-12(9-13)15-10-14(17(3,4)18)16(21)20(5)19-15/h6-11H,18H2,1-5H3. The van der Waals surface area contributed by atoms with Crippen LogP contribution in [0.4, 0.5) is 0 Å². The van der Waals surface area contributed by atoms with Crippen molar-refractivity contribution in [2.75, 3.05) is 0 Å². The van der Waals surface area contributed by atoms with E-state index >= 15 is 0 Å². The van der Waals surface area contributed by atoms with Gasteiger partial charge in [-0.05, 0) is 45.9 Å². The lowest BCUT2D eigenvalue weighted by Crippen LogP contribution is -2.38. The zero-order chi connectivity index (χ0) is 16.5. The first kappa shape index (κ1) is 16.2. The zero-order valence-corrected chi connectivity index (χ0v) is 13.8. The molecule has 22 heavy (non-hydrogen) atoms. The highest BCUT2D eigenvalue weighted by Crippen LogP contribution is 2.24. The second-order valence-corrected chi connectivity index (χ2v) is 6.29. The Morgan fingerprint density at radius 1 is 1.27 bits per heavy atom. The van der Waals surface area contributed by atoms with Crippen molar-refractivity contribution in [1.29, 1.82) is 0 Å². The smallest absolute Gasteiger partial charge is 0.271 e. The average molecular weight is 301 g/mol. The van der Waals surface area contributed by atoms with Gasteiger partial charge >= 0.3 is 0 Å². The van der Waals surface area contributed by atoms with Crippen LogP contribution in [-0.2, 0) is 12.6 Å². The summed E-state index contributed by atoms with van der Waals surface area (Å²) >= 11 is 0. The van der Waals surface area contributed by atoms with Gasteiger partial charge in [-0.2, -0.15) is 5.10 Å². The SMILES string of the molecule is CC(C)Oc1cccc(-c2cc(C(C)(C)N)c(=O)n(C)n2)c1. The highest BCUT2D eigenvalue weighted by molar-refractivity contribution is 5.61. The summed E-state index contributed by atoms with van der Waals surface area (Å²) in [5.74, 6) is 0.775. The Kier molecular flexibility index (Phi) is 4.37. The van der Waals surface area contributed by atoms with Gasteiger partial charge in [0.1, 0.15) is 5.75 Å². The topological polar surface area (TPSA) is 70.1 Å². The maximum atomic E-state index is 12.2. The van der Waals surface area contributed by atoms with Crippen LogP contribution in [0.2, 0.25) is 0 Å². The Morgan fingerprint density at radius 3 is 2.55 bits per heavy atom. The van der Waals surface area contributed by atoms with Crippen LogP contribution in [-0.4, -0.2) is 15.9 Å². The molecule has 1 aromatic heterocycles. The Balaban J connectivity index is 2.54. The fourth-order valence-electron chi connectivity index (χ4n) is 2.21. The maximum Gasteiger partial charge on any atom is 0.271 e. The van der Waals surface area contributed by atoms with Crippen LogP contribution >= 0.6 is 0 Å². The molecule has 1 aromatic carbocycles. The Hall–Kier alpha value is -2.14. The van der Waals surface area contributed by atoms with Crippen LogP contribution in [0.15, 0.2) is 35.1 Å². The lowest BCUT2D eigenvalue weighted by atomic mass is 9.96. The Labute approximate surface area is 130 Å². The van der Waals surface area contributed by atoms with Gasteiger partial charge in [-0.15, -0.1) is 0 Å². The number of aromatic nitrogens is 2. The number of nitrogens with two attached hydrogens (primary N) is 1. The van der Waals surface area contributed by atoms with Gasteiger partial charge in [-0.3, -0.25) is 4.79 Å². The first-order valence-corrected chi connectivity index (χ1v) is 7.33. The largest absolute Gasteiger partial charge is 0.491 e. The highest BCUT2D eigenvalue weighted by Gasteiger charge is 2.21. The van der Waals surface area contributed by atoms with Gasteiger partial charge in [0.25, 0.3) is 5.56 Å². The van der Waals surface area contributed by atoms with Crippen molar-refractivity contribution < 1.29 is 4.74 Å². The summed E-state index contributed by atoms with van der Waals surface area (Å²) in [5.41, 5.74) is 7.33. The molecule has 0 bridgehead atoms. The van der Waals surface area contributed by atoms with Gasteiger partial charge in [0, 0.05) is 23.7 Å². The molecule has 0 unspecified atom stereocenters. The van der Waals surface area contributed by atoms with E-state index in [1.165, 1.54) is 4.68 Å². The van der Waals surface area contributed by atoms with Crippen LogP contribution < -0.4 is 16.0 Å². The van der Waals surface area contributed by atoms with Crippen molar-refractivity contribution in [1.82, 2.24) is 9.78 Å². The van der Waals surface area contributed by atoms with E-state index < -0.39 is 5.54 Å². The van der Waals surface area contributed by atoms with Crippen LogP contribution in [0.25, 0.3) is 11.3 Å². The predicted octanol–water partition coefficient (Wildman–Crippen LogP) is 2.43. The molecule has 0 aliphatic rings. The monoisotopic (exact) mass is 301 g/mol. The maximum absolute atomic E-state index is 12.2. The third-order valence-electron chi connectivity index (χ3n) is 3.26. The van der Waals surface area contributed by atoms with E-state index in [4.69, 9.17) is 10.5 Å². The summed E-state index contributed by atoms with van der Waals surface area (Å²) in [6.07, 6.45) is 0.0990. The molecule has 1 heterocycles. The highest BCUT2D eigenvalue weighted by atomic mass is 16.5. The van der Waals surface area contributed by atoms with Crippen LogP contribution in [0.5, 0.6) is 5.75 Å². The third kappa shape index (κ3) is 3.54. The molecule has 0 spiro atoms. The Morgan fingerprint density at radius 2 is 1.95 bits per heavy atom. The number of aryl methyl sites for hydroxylation is 1. The molecule has 0 saturated heterocycles. The molecule has 0 radical (unpaired) electrons. The van der Waals surface area contributed by atoms with Gasteiger partial charge in [-0.25, -0.2) is 4.68 Å². The average Bonchev–Trinajstić information content (AvgIpc) is 2.40. The summed E-state index contributed by atoms with van der Waals surface area (Å²) in [6, 6.07) is 9.43. The van der Waals surface area contributed by atoms with Crippen LogP contribution in [0, 0.1) is 0 Å². The Bertz CT molecular complexity index is 727. The van der Waals surface area contributed by atoms with E-state index in [1.807, 2.05) is 52.0 Å². The van der Waals surface area contributed by atoms with Gasteiger partial charge in [0.05, 0.1) is 11.8 Å². The molecular formula is C17H23N3O2. The molecular weight excluding hydrogens is 278 g/mol. The molecule has 2 N–H and O–H groups in total. The predicted molar refractivity (Wildman–Crippen MR) is 87.9 cm³/mol. The third-order valence-corrected chi connectivity index (χ3v) is 3.26. The number of ether oxygens (including phenoxy) is 1. The second kappa shape index (κ2) is 5.93. The van der Waals surface area contributed by atoms with Crippen molar-refractivity contribution in [3.63, 3.8) is 0 Å². The van der Waals surface area contributed by atoms with Gasteiger partial charge in [0.2, 0.25) is 0 Å². The second-order valence-electron chi connectivity index (χ2n) is 6.29. The minimum Gasteiger partial charge on any atom is -0.491 e. The normalized spacial score (nSPS) is 11.8. The van der Waals surface area contributed by atoms with Crippen LogP contribution in [0.1, 0.15) is 33.3 Å². The van der Waals surface area contributed by atoms with E-state index in [9.17, 15) is 4.79 Å². The van der Waals surface area contributed by atoms with Crippen molar-refractivity contribution >= 4 is 0 Å². The molecule has 5 heteroatoms. The summed E-state index contributed by atoms with van der Waals surface area (Å²) in [6.45, 7) is 7.58. The first-order chi connectivity index (χ1) is 10.2. The zero-order valence-electron chi connectivity index (χ0n) is 13.8. The van der Waals surface area contributed by atoms with E-state index in [2.05, 4.69) is 5.10 Å². The molecule has 2 aromatic rings. The molecule has 0 aliphatic carbocycles. The van der Waals surface area contributed by atoms with Gasteiger partial charge in [-0.1, -0.05) is 12.1 Å². The van der Waals surface area contributed by atoms with Crippen molar-refractivity contribution in [3.8, 4) is 17.0 Å². The van der Waals surface area contributed by atoms with Gasteiger partial charge in [0.15, 0.2) is 0 Å². The summed E-state index contributed by atoms with van der Waals surface area (Å²) in [4.78, 5) is 12.2. The lowest BCUT2D eigenvalue weighted by Gasteiger charge is -2.19. The fourth-order valence-corrected chi connectivity index (χ4v) is 2.21. The van der Waals surface area contributed by atoms with Crippen molar-refractivity contribution in [2.24, 2.45) is 12.8 Å². The van der Waals surface area contributed by atoms with Crippen LogP contribution in [0.3, 0.4) is 0 Å². The van der Waals surface area contributed by atoms with Crippen molar-refractivity contribution in [3.05, 3.63) is 46.2 Å². The molecule has 118 valence electrons. The molecule has 0 fully saturated rings. The van der Waals surface area contributed by atoms with E-state index in [1.54, 1.807) is 13.1 Å². The quantitative estimate of drug-likeness (QED) is 0.941. The van der Waals surface area contributed by atoms with E-state index in [0.29, 0.717) is 11.3 Å².